The lowest BCUT2D eigenvalue weighted by Gasteiger charge is -2.07. The average molecular weight is 256 g/mol. The van der Waals surface area contributed by atoms with Crippen LogP contribution in [-0.4, -0.2) is 6.54 Å². The van der Waals surface area contributed by atoms with E-state index in [1.165, 1.54) is 0 Å². The zero-order chi connectivity index (χ0) is 12.8. The zero-order valence-corrected chi connectivity index (χ0v) is 11.0. The van der Waals surface area contributed by atoms with Crippen molar-refractivity contribution in [3.8, 4) is 11.8 Å². The van der Waals surface area contributed by atoms with E-state index in [1.807, 2.05) is 55.5 Å². The maximum Gasteiger partial charge on any atom is 0.0769 e. The minimum absolute atomic E-state index is 0.607. The van der Waals surface area contributed by atoms with E-state index in [2.05, 4.69) is 17.2 Å². The first-order valence-electron chi connectivity index (χ1n) is 5.80. The number of nitrogens with one attached hydrogen (secondary N) is 1. The summed E-state index contributed by atoms with van der Waals surface area (Å²) in [5, 5.41) is 4.04. The summed E-state index contributed by atoms with van der Waals surface area (Å²) in [7, 11) is 0. The monoisotopic (exact) mass is 255 g/mol. The second-order valence-corrected chi connectivity index (χ2v) is 4.34. The zero-order valence-electron chi connectivity index (χ0n) is 10.2. The molecule has 2 rings (SSSR count). The van der Waals surface area contributed by atoms with Crippen LogP contribution in [0.2, 0.25) is 5.02 Å². The first-order valence-corrected chi connectivity index (χ1v) is 6.18. The van der Waals surface area contributed by atoms with Crippen LogP contribution in [0.4, 0.5) is 5.69 Å². The van der Waals surface area contributed by atoms with Crippen molar-refractivity contribution in [2.45, 2.75) is 6.92 Å². The largest absolute Gasteiger partial charge is 0.374 e. The van der Waals surface area contributed by atoms with E-state index in [9.17, 15) is 0 Å². The molecule has 0 unspecified atom stereocenters. The number of rotatable bonds is 2. The van der Waals surface area contributed by atoms with Crippen LogP contribution < -0.4 is 5.32 Å². The van der Waals surface area contributed by atoms with Gasteiger partial charge in [0.25, 0.3) is 0 Å². The lowest BCUT2D eigenvalue weighted by Crippen LogP contribution is -2.00. The van der Waals surface area contributed by atoms with Gasteiger partial charge in [0.1, 0.15) is 0 Å². The summed E-state index contributed by atoms with van der Waals surface area (Å²) in [4.78, 5) is 0. The Balaban J connectivity index is 1.97. The Morgan fingerprint density at radius 2 is 1.83 bits per heavy atom. The van der Waals surface area contributed by atoms with Crippen LogP contribution in [0.15, 0.2) is 48.5 Å². The molecule has 2 heteroatoms. The maximum atomic E-state index is 6.05. The Hall–Kier alpha value is -1.91. The van der Waals surface area contributed by atoms with Crippen LogP contribution in [0.1, 0.15) is 11.1 Å². The van der Waals surface area contributed by atoms with Gasteiger partial charge in [-0.2, -0.15) is 0 Å². The third kappa shape index (κ3) is 3.29. The quantitative estimate of drug-likeness (QED) is 0.797. The van der Waals surface area contributed by atoms with E-state index < -0.39 is 0 Å². The van der Waals surface area contributed by atoms with Gasteiger partial charge in [-0.25, -0.2) is 0 Å². The van der Waals surface area contributed by atoms with Gasteiger partial charge in [0.05, 0.1) is 6.54 Å². The van der Waals surface area contributed by atoms with E-state index in [-0.39, 0.29) is 0 Å². The third-order valence-corrected chi connectivity index (χ3v) is 3.05. The van der Waals surface area contributed by atoms with Crippen molar-refractivity contribution >= 4 is 17.3 Å². The third-order valence-electron chi connectivity index (χ3n) is 2.64. The molecule has 0 heterocycles. The molecule has 1 N–H and O–H groups in total. The van der Waals surface area contributed by atoms with Gasteiger partial charge in [0, 0.05) is 16.3 Å². The molecule has 0 aliphatic rings. The SMILES string of the molecule is Cc1c(Cl)cccc1NCC#Cc1ccccc1. The normalized spacial score (nSPS) is 9.44. The fraction of sp³-hybridized carbons (Fsp3) is 0.125. The predicted molar refractivity (Wildman–Crippen MR) is 78.0 cm³/mol. The fourth-order valence-corrected chi connectivity index (χ4v) is 1.78. The average Bonchev–Trinajstić information content (AvgIpc) is 2.40. The molecule has 2 aromatic rings. The Morgan fingerprint density at radius 1 is 1.06 bits per heavy atom. The predicted octanol–water partition coefficient (Wildman–Crippen LogP) is 4.11. The topological polar surface area (TPSA) is 12.0 Å². The molecule has 0 saturated heterocycles. The number of anilines is 1. The summed E-state index contributed by atoms with van der Waals surface area (Å²) in [5.74, 6) is 6.20. The number of hydrogen-bond acceptors (Lipinski definition) is 1. The van der Waals surface area contributed by atoms with Gasteiger partial charge >= 0.3 is 0 Å². The molecule has 0 bridgehead atoms. The van der Waals surface area contributed by atoms with Crippen molar-refractivity contribution < 1.29 is 0 Å². The Labute approximate surface area is 113 Å². The first kappa shape index (κ1) is 12.5. The van der Waals surface area contributed by atoms with Crippen molar-refractivity contribution in [1.82, 2.24) is 0 Å². The molecule has 18 heavy (non-hydrogen) atoms. The van der Waals surface area contributed by atoms with Crippen molar-refractivity contribution in [2.75, 3.05) is 11.9 Å². The van der Waals surface area contributed by atoms with E-state index in [0.717, 1.165) is 21.8 Å². The van der Waals surface area contributed by atoms with E-state index in [0.29, 0.717) is 6.54 Å². The second kappa shape index (κ2) is 6.14. The molecule has 0 saturated carbocycles. The standard InChI is InChI=1S/C16H14ClN/c1-13-15(17)10-5-11-16(13)18-12-6-9-14-7-3-2-4-8-14/h2-5,7-8,10-11,18H,12H2,1H3. The minimum Gasteiger partial charge on any atom is -0.374 e. The van der Waals surface area contributed by atoms with Gasteiger partial charge in [-0.3, -0.25) is 0 Å². The first-order chi connectivity index (χ1) is 8.77. The highest BCUT2D eigenvalue weighted by Gasteiger charge is 1.99. The van der Waals surface area contributed by atoms with Crippen molar-refractivity contribution in [1.29, 1.82) is 0 Å². The van der Waals surface area contributed by atoms with E-state index in [1.54, 1.807) is 0 Å². The smallest absolute Gasteiger partial charge is 0.0769 e. The molecule has 90 valence electrons. The molecule has 0 aliphatic heterocycles. The highest BCUT2D eigenvalue weighted by Crippen LogP contribution is 2.22. The molecule has 0 aromatic heterocycles. The minimum atomic E-state index is 0.607. The Kier molecular flexibility index (Phi) is 4.28. The van der Waals surface area contributed by atoms with Crippen LogP contribution in [0, 0.1) is 18.8 Å². The van der Waals surface area contributed by atoms with Crippen molar-refractivity contribution in [3.05, 3.63) is 64.7 Å². The second-order valence-electron chi connectivity index (χ2n) is 3.93. The molecule has 0 amide bonds. The van der Waals surface area contributed by atoms with Gasteiger partial charge in [0.2, 0.25) is 0 Å². The fourth-order valence-electron chi connectivity index (χ4n) is 1.61. The summed E-state index contributed by atoms with van der Waals surface area (Å²) in [6, 6.07) is 15.8. The molecule has 0 fully saturated rings. The van der Waals surface area contributed by atoms with Crippen LogP contribution in [0.3, 0.4) is 0 Å². The van der Waals surface area contributed by atoms with Gasteiger partial charge in [-0.15, -0.1) is 0 Å². The summed E-state index contributed by atoms with van der Waals surface area (Å²) in [6.45, 7) is 2.60. The molecule has 0 radical (unpaired) electrons. The number of hydrogen-bond donors (Lipinski definition) is 1. The summed E-state index contributed by atoms with van der Waals surface area (Å²) in [5.41, 5.74) is 3.12. The van der Waals surface area contributed by atoms with Crippen molar-refractivity contribution in [3.63, 3.8) is 0 Å². The Morgan fingerprint density at radius 3 is 2.61 bits per heavy atom. The van der Waals surface area contributed by atoms with Crippen molar-refractivity contribution in [2.24, 2.45) is 0 Å². The van der Waals surface area contributed by atoms with Gasteiger partial charge in [-0.05, 0) is 36.8 Å². The van der Waals surface area contributed by atoms with E-state index in [4.69, 9.17) is 11.6 Å². The molecule has 0 atom stereocenters. The van der Waals surface area contributed by atoms with Gasteiger partial charge in [0.15, 0.2) is 0 Å². The van der Waals surface area contributed by atoms with Crippen LogP contribution >= 0.6 is 11.6 Å². The lowest BCUT2D eigenvalue weighted by molar-refractivity contribution is 1.33. The summed E-state index contributed by atoms with van der Waals surface area (Å²) < 4.78 is 0. The van der Waals surface area contributed by atoms with Crippen LogP contribution in [0.25, 0.3) is 0 Å². The summed E-state index contributed by atoms with van der Waals surface area (Å²) >= 11 is 6.05. The van der Waals surface area contributed by atoms with Gasteiger partial charge in [-0.1, -0.05) is 47.7 Å². The maximum absolute atomic E-state index is 6.05. The Bertz CT molecular complexity index is 579. The van der Waals surface area contributed by atoms with Crippen LogP contribution in [-0.2, 0) is 0 Å². The van der Waals surface area contributed by atoms with Gasteiger partial charge < -0.3 is 5.32 Å². The van der Waals surface area contributed by atoms with Crippen LogP contribution in [0.5, 0.6) is 0 Å². The highest BCUT2D eigenvalue weighted by molar-refractivity contribution is 6.31. The van der Waals surface area contributed by atoms with E-state index >= 15 is 0 Å². The number of benzene rings is 2. The molecule has 1 nitrogen and oxygen atoms in total. The molecule has 0 aliphatic carbocycles. The highest BCUT2D eigenvalue weighted by atomic mass is 35.5. The molecular weight excluding hydrogens is 242 g/mol. The number of halogens is 1. The molecule has 0 spiro atoms. The molecular formula is C16H14ClN. The summed E-state index contributed by atoms with van der Waals surface area (Å²) in [6.07, 6.45) is 0. The molecule has 2 aromatic carbocycles. The lowest BCUT2D eigenvalue weighted by atomic mass is 10.2.